The van der Waals surface area contributed by atoms with E-state index in [1.807, 2.05) is 19.1 Å². The summed E-state index contributed by atoms with van der Waals surface area (Å²) >= 11 is 1.26. The van der Waals surface area contributed by atoms with E-state index in [0.29, 0.717) is 11.5 Å². The van der Waals surface area contributed by atoms with Crippen LogP contribution in [0.2, 0.25) is 0 Å². The standard InChI is InChI=1S/C16H18N2O4S/c1-9-2-10(5-17-4-9)11-3-12(7-18-6-11)22-16-15(21)14(20)13(19)8-23-16/h2-7,13-16,19-21H,8H2,1H3/t13-,14+,15-,16-/m1/s1. The van der Waals surface area contributed by atoms with Crippen molar-refractivity contribution in [3.63, 3.8) is 0 Å². The monoisotopic (exact) mass is 334 g/mol. The molecule has 1 saturated heterocycles. The Hall–Kier alpha value is -1.67. The second kappa shape index (κ2) is 6.84. The minimum Gasteiger partial charge on any atom is -0.475 e. The van der Waals surface area contributed by atoms with Crippen LogP contribution in [0.3, 0.4) is 0 Å². The predicted octanol–water partition coefficient (Wildman–Crippen LogP) is 0.986. The summed E-state index contributed by atoms with van der Waals surface area (Å²) in [6.07, 6.45) is 3.48. The van der Waals surface area contributed by atoms with Gasteiger partial charge in [-0.1, -0.05) is 0 Å². The van der Waals surface area contributed by atoms with Gasteiger partial charge in [0.15, 0.2) is 5.44 Å². The fourth-order valence-corrected chi connectivity index (χ4v) is 3.49. The molecule has 0 aliphatic carbocycles. The van der Waals surface area contributed by atoms with Gasteiger partial charge < -0.3 is 20.1 Å². The Morgan fingerprint density at radius 3 is 2.43 bits per heavy atom. The molecule has 0 spiro atoms. The molecule has 0 amide bonds. The van der Waals surface area contributed by atoms with Gasteiger partial charge in [0, 0.05) is 35.5 Å². The van der Waals surface area contributed by atoms with E-state index in [1.165, 1.54) is 11.8 Å². The van der Waals surface area contributed by atoms with Gasteiger partial charge in [0.1, 0.15) is 18.0 Å². The quantitative estimate of drug-likeness (QED) is 0.770. The van der Waals surface area contributed by atoms with Crippen molar-refractivity contribution in [1.82, 2.24) is 9.97 Å². The van der Waals surface area contributed by atoms with E-state index in [0.717, 1.165) is 16.7 Å². The van der Waals surface area contributed by atoms with E-state index >= 15 is 0 Å². The van der Waals surface area contributed by atoms with Crippen molar-refractivity contribution < 1.29 is 20.1 Å². The molecule has 0 saturated carbocycles. The lowest BCUT2D eigenvalue weighted by Crippen LogP contribution is -2.50. The van der Waals surface area contributed by atoms with Gasteiger partial charge in [-0.05, 0) is 24.6 Å². The molecule has 3 heterocycles. The number of nitrogens with zero attached hydrogens (tertiary/aromatic N) is 2. The van der Waals surface area contributed by atoms with Gasteiger partial charge >= 0.3 is 0 Å². The number of ether oxygens (including phenoxy) is 1. The van der Waals surface area contributed by atoms with Crippen LogP contribution >= 0.6 is 11.8 Å². The third-order valence-electron chi connectivity index (χ3n) is 3.63. The zero-order chi connectivity index (χ0) is 16.4. The third-order valence-corrected chi connectivity index (χ3v) is 4.87. The maximum Gasteiger partial charge on any atom is 0.173 e. The molecule has 122 valence electrons. The van der Waals surface area contributed by atoms with E-state index in [-0.39, 0.29) is 0 Å². The molecule has 4 atom stereocenters. The predicted molar refractivity (Wildman–Crippen MR) is 87.1 cm³/mol. The van der Waals surface area contributed by atoms with Crippen molar-refractivity contribution in [2.24, 2.45) is 0 Å². The van der Waals surface area contributed by atoms with Crippen molar-refractivity contribution >= 4 is 11.8 Å². The molecule has 0 unspecified atom stereocenters. The average molecular weight is 334 g/mol. The average Bonchev–Trinajstić information content (AvgIpc) is 2.56. The van der Waals surface area contributed by atoms with Crippen LogP contribution in [-0.2, 0) is 0 Å². The van der Waals surface area contributed by atoms with Gasteiger partial charge in [0.25, 0.3) is 0 Å². The smallest absolute Gasteiger partial charge is 0.173 e. The molecule has 0 bridgehead atoms. The van der Waals surface area contributed by atoms with Gasteiger partial charge in [-0.25, -0.2) is 0 Å². The molecular weight excluding hydrogens is 316 g/mol. The number of pyridine rings is 2. The Bertz CT molecular complexity index is 685. The molecule has 0 aromatic carbocycles. The second-order valence-corrected chi connectivity index (χ2v) is 6.66. The first kappa shape index (κ1) is 16.2. The van der Waals surface area contributed by atoms with E-state index in [4.69, 9.17) is 4.74 Å². The van der Waals surface area contributed by atoms with Gasteiger partial charge in [-0.3, -0.25) is 9.97 Å². The summed E-state index contributed by atoms with van der Waals surface area (Å²) in [6.45, 7) is 1.96. The lowest BCUT2D eigenvalue weighted by Gasteiger charge is -2.34. The summed E-state index contributed by atoms with van der Waals surface area (Å²) in [5.41, 5.74) is 2.18. The van der Waals surface area contributed by atoms with E-state index in [1.54, 1.807) is 24.8 Å². The number of aliphatic hydroxyl groups excluding tert-OH is 3. The third kappa shape index (κ3) is 3.64. The zero-order valence-corrected chi connectivity index (χ0v) is 13.3. The summed E-state index contributed by atoms with van der Waals surface area (Å²) in [5, 5.41) is 29.3. The molecule has 2 aromatic rings. The highest BCUT2D eigenvalue weighted by atomic mass is 32.2. The van der Waals surface area contributed by atoms with Gasteiger partial charge in [-0.15, -0.1) is 11.8 Å². The normalized spacial score (nSPS) is 27.7. The lowest BCUT2D eigenvalue weighted by atomic mass is 10.1. The summed E-state index contributed by atoms with van der Waals surface area (Å²) in [5.74, 6) is 0.793. The molecule has 1 fully saturated rings. The van der Waals surface area contributed by atoms with Gasteiger partial charge in [0.05, 0.1) is 12.3 Å². The Kier molecular flexibility index (Phi) is 4.82. The summed E-state index contributed by atoms with van der Waals surface area (Å²) in [6, 6.07) is 3.81. The SMILES string of the molecule is Cc1cncc(-c2cncc(O[C@@H]3SC[C@@H](O)[C@H](O)[C@H]3O)c2)c1. The molecule has 1 aliphatic heterocycles. The summed E-state index contributed by atoms with van der Waals surface area (Å²) in [4.78, 5) is 8.32. The van der Waals surface area contributed by atoms with Crippen molar-refractivity contribution in [2.75, 3.05) is 5.75 Å². The summed E-state index contributed by atoms with van der Waals surface area (Å²) in [7, 11) is 0. The minimum atomic E-state index is -1.21. The van der Waals surface area contributed by atoms with Crippen LogP contribution in [0.5, 0.6) is 5.75 Å². The number of hydrogen-bond acceptors (Lipinski definition) is 7. The van der Waals surface area contributed by atoms with Crippen LogP contribution < -0.4 is 4.74 Å². The first-order valence-corrected chi connectivity index (χ1v) is 8.29. The maximum atomic E-state index is 10.0. The van der Waals surface area contributed by atoms with Crippen molar-refractivity contribution in [3.8, 4) is 16.9 Å². The Balaban J connectivity index is 1.78. The maximum absolute atomic E-state index is 10.0. The second-order valence-electron chi connectivity index (χ2n) is 5.53. The molecule has 23 heavy (non-hydrogen) atoms. The highest BCUT2D eigenvalue weighted by Gasteiger charge is 2.38. The number of aliphatic hydroxyl groups is 3. The fourth-order valence-electron chi connectivity index (χ4n) is 2.37. The van der Waals surface area contributed by atoms with Crippen LogP contribution in [0.4, 0.5) is 0 Å². The minimum absolute atomic E-state index is 0.303. The molecule has 2 aromatic heterocycles. The number of rotatable bonds is 3. The first-order chi connectivity index (χ1) is 11.0. The van der Waals surface area contributed by atoms with E-state index in [2.05, 4.69) is 9.97 Å². The van der Waals surface area contributed by atoms with E-state index in [9.17, 15) is 15.3 Å². The van der Waals surface area contributed by atoms with Crippen LogP contribution in [0.25, 0.3) is 11.1 Å². The van der Waals surface area contributed by atoms with Crippen LogP contribution in [-0.4, -0.2) is 54.8 Å². The molecule has 0 radical (unpaired) electrons. The number of aromatic nitrogens is 2. The highest BCUT2D eigenvalue weighted by Crippen LogP contribution is 2.30. The molecule has 1 aliphatic rings. The first-order valence-electron chi connectivity index (χ1n) is 7.24. The van der Waals surface area contributed by atoms with Crippen molar-refractivity contribution in [2.45, 2.75) is 30.7 Å². The molecule has 7 heteroatoms. The van der Waals surface area contributed by atoms with Crippen LogP contribution in [0.15, 0.2) is 36.9 Å². The molecular formula is C16H18N2O4S. The van der Waals surface area contributed by atoms with Crippen LogP contribution in [0, 0.1) is 6.92 Å². The number of hydrogen-bond donors (Lipinski definition) is 3. The Morgan fingerprint density at radius 2 is 1.70 bits per heavy atom. The molecule has 3 rings (SSSR count). The van der Waals surface area contributed by atoms with Crippen molar-refractivity contribution in [1.29, 1.82) is 0 Å². The lowest BCUT2D eigenvalue weighted by molar-refractivity contribution is -0.0786. The largest absolute Gasteiger partial charge is 0.475 e. The fraction of sp³-hybridized carbons (Fsp3) is 0.375. The van der Waals surface area contributed by atoms with Gasteiger partial charge in [-0.2, -0.15) is 0 Å². The van der Waals surface area contributed by atoms with E-state index < -0.39 is 23.7 Å². The van der Waals surface area contributed by atoms with Gasteiger partial charge in [0.2, 0.25) is 0 Å². The number of aryl methyl sites for hydroxylation is 1. The molecule has 6 nitrogen and oxygen atoms in total. The Labute approximate surface area is 138 Å². The van der Waals surface area contributed by atoms with Crippen LogP contribution in [0.1, 0.15) is 5.56 Å². The summed E-state index contributed by atoms with van der Waals surface area (Å²) < 4.78 is 5.74. The number of thioether (sulfide) groups is 1. The van der Waals surface area contributed by atoms with Crippen molar-refractivity contribution in [3.05, 3.63) is 42.5 Å². The topological polar surface area (TPSA) is 95.7 Å². The molecule has 3 N–H and O–H groups in total. The zero-order valence-electron chi connectivity index (χ0n) is 12.5. The Morgan fingerprint density at radius 1 is 1.00 bits per heavy atom. The highest BCUT2D eigenvalue weighted by molar-refractivity contribution is 7.99.